The molecule has 18 heavy (non-hydrogen) atoms. The molecule has 0 aliphatic carbocycles. The molecule has 0 aliphatic heterocycles. The smallest absolute Gasteiger partial charge is 0.422 e. The molecule has 1 rings (SSSR count). The van der Waals surface area contributed by atoms with E-state index in [1.54, 1.807) is 12.1 Å². The van der Waals surface area contributed by atoms with Gasteiger partial charge >= 0.3 is 6.18 Å². The highest BCUT2D eigenvalue weighted by molar-refractivity contribution is 14.1. The van der Waals surface area contributed by atoms with Crippen molar-refractivity contribution in [2.45, 2.75) is 16.0 Å². The number of hydrogen-bond donors (Lipinski definition) is 0. The van der Waals surface area contributed by atoms with E-state index in [2.05, 4.69) is 4.74 Å². The SMILES string of the molecule is FC(F)(F)COc1cccc(OCCC(Cl)I)c1. The third-order valence-corrected chi connectivity index (χ3v) is 2.65. The van der Waals surface area contributed by atoms with Crippen molar-refractivity contribution in [3.8, 4) is 11.5 Å². The van der Waals surface area contributed by atoms with E-state index >= 15 is 0 Å². The minimum Gasteiger partial charge on any atom is -0.493 e. The standard InChI is InChI=1S/C11H11ClF3IO2/c12-10(16)4-5-17-8-2-1-3-9(6-8)18-7-11(13,14)15/h1-3,6,10H,4-5,7H2. The number of ether oxygens (including phenoxy) is 2. The van der Waals surface area contributed by atoms with Crippen molar-refractivity contribution >= 4 is 34.2 Å². The monoisotopic (exact) mass is 394 g/mol. The van der Waals surface area contributed by atoms with E-state index in [0.29, 0.717) is 18.8 Å². The first kappa shape index (κ1) is 15.7. The number of halogens is 5. The second-order valence-corrected chi connectivity index (χ2v) is 6.17. The summed E-state index contributed by atoms with van der Waals surface area (Å²) in [6, 6.07) is 6.09. The highest BCUT2D eigenvalue weighted by Crippen LogP contribution is 2.23. The largest absolute Gasteiger partial charge is 0.493 e. The van der Waals surface area contributed by atoms with E-state index in [-0.39, 0.29) is 9.13 Å². The summed E-state index contributed by atoms with van der Waals surface area (Å²) >= 11 is 7.78. The Balaban J connectivity index is 2.46. The van der Waals surface area contributed by atoms with E-state index in [0.717, 1.165) is 0 Å². The number of rotatable bonds is 6. The van der Waals surface area contributed by atoms with Crippen LogP contribution in [0.15, 0.2) is 24.3 Å². The van der Waals surface area contributed by atoms with Gasteiger partial charge in [-0.05, 0) is 12.1 Å². The summed E-state index contributed by atoms with van der Waals surface area (Å²) in [6.45, 7) is -0.909. The second kappa shape index (κ2) is 7.28. The molecule has 2 nitrogen and oxygen atoms in total. The normalized spacial score (nSPS) is 13.2. The second-order valence-electron chi connectivity index (χ2n) is 3.41. The Morgan fingerprint density at radius 1 is 1.22 bits per heavy atom. The van der Waals surface area contributed by atoms with Gasteiger partial charge in [0.15, 0.2) is 6.61 Å². The molecule has 1 aromatic carbocycles. The van der Waals surface area contributed by atoms with Crippen LogP contribution in [0.4, 0.5) is 13.2 Å². The molecule has 7 heteroatoms. The lowest BCUT2D eigenvalue weighted by atomic mass is 10.3. The molecule has 1 atom stereocenters. The van der Waals surface area contributed by atoms with E-state index < -0.39 is 12.8 Å². The van der Waals surface area contributed by atoms with Crippen LogP contribution in [0, 0.1) is 0 Å². The number of hydrogen-bond acceptors (Lipinski definition) is 2. The summed E-state index contributed by atoms with van der Waals surface area (Å²) in [7, 11) is 0. The summed E-state index contributed by atoms with van der Waals surface area (Å²) in [5.41, 5.74) is 0. The van der Waals surface area contributed by atoms with Crippen LogP contribution in [-0.4, -0.2) is 22.8 Å². The van der Waals surface area contributed by atoms with Crippen molar-refractivity contribution in [1.29, 1.82) is 0 Å². The molecule has 0 saturated heterocycles. The fourth-order valence-corrected chi connectivity index (χ4v) is 1.43. The van der Waals surface area contributed by atoms with Gasteiger partial charge in [0, 0.05) is 12.5 Å². The fourth-order valence-electron chi connectivity index (χ4n) is 1.08. The third-order valence-electron chi connectivity index (χ3n) is 1.81. The fraction of sp³-hybridized carbons (Fsp3) is 0.455. The first-order valence-corrected chi connectivity index (χ1v) is 6.75. The molecule has 0 saturated carbocycles. The first-order valence-electron chi connectivity index (χ1n) is 5.07. The van der Waals surface area contributed by atoms with Gasteiger partial charge in [0.2, 0.25) is 0 Å². The van der Waals surface area contributed by atoms with Crippen LogP contribution in [0.2, 0.25) is 0 Å². The molecule has 0 radical (unpaired) electrons. The lowest BCUT2D eigenvalue weighted by Crippen LogP contribution is -2.19. The van der Waals surface area contributed by atoms with E-state index in [4.69, 9.17) is 16.3 Å². The Morgan fingerprint density at radius 3 is 2.39 bits per heavy atom. The molecule has 1 aromatic rings. The van der Waals surface area contributed by atoms with Gasteiger partial charge in [0.25, 0.3) is 0 Å². The molecule has 0 aliphatic rings. The highest BCUT2D eigenvalue weighted by atomic mass is 127. The summed E-state index contributed by atoms with van der Waals surface area (Å²) in [6.07, 6.45) is -3.69. The number of benzene rings is 1. The van der Waals surface area contributed by atoms with Gasteiger partial charge in [-0.25, -0.2) is 0 Å². The molecule has 0 heterocycles. The minimum absolute atomic E-state index is 0.0349. The molecule has 102 valence electrons. The Kier molecular flexibility index (Phi) is 6.34. The van der Waals surface area contributed by atoms with Gasteiger partial charge in [-0.15, -0.1) is 11.6 Å². The van der Waals surface area contributed by atoms with Crippen LogP contribution in [0.1, 0.15) is 6.42 Å². The van der Waals surface area contributed by atoms with Crippen molar-refractivity contribution < 1.29 is 22.6 Å². The maximum Gasteiger partial charge on any atom is 0.422 e. The number of alkyl halides is 5. The molecule has 0 bridgehead atoms. The van der Waals surface area contributed by atoms with E-state index in [1.807, 2.05) is 22.6 Å². The van der Waals surface area contributed by atoms with Crippen LogP contribution >= 0.6 is 34.2 Å². The molecule has 0 N–H and O–H groups in total. The molecule has 0 aromatic heterocycles. The van der Waals surface area contributed by atoms with Crippen molar-refractivity contribution in [2.75, 3.05) is 13.2 Å². The van der Waals surface area contributed by atoms with Crippen molar-refractivity contribution in [3.63, 3.8) is 0 Å². The third kappa shape index (κ3) is 7.15. The molecule has 1 unspecified atom stereocenters. The lowest BCUT2D eigenvalue weighted by molar-refractivity contribution is -0.153. The summed E-state index contributed by atoms with van der Waals surface area (Å²) < 4.78 is 45.8. The van der Waals surface area contributed by atoms with Gasteiger partial charge in [-0.1, -0.05) is 28.7 Å². The zero-order chi connectivity index (χ0) is 13.6. The average molecular weight is 395 g/mol. The van der Waals surface area contributed by atoms with Gasteiger partial charge in [-0.3, -0.25) is 0 Å². The van der Waals surface area contributed by atoms with Gasteiger partial charge < -0.3 is 9.47 Å². The predicted octanol–water partition coefficient (Wildman–Crippen LogP) is 4.40. The summed E-state index contributed by atoms with van der Waals surface area (Å²) in [5.74, 6) is 0.588. The Morgan fingerprint density at radius 2 is 1.83 bits per heavy atom. The molecule has 0 spiro atoms. The van der Waals surface area contributed by atoms with Gasteiger partial charge in [-0.2, -0.15) is 13.2 Å². The zero-order valence-electron chi connectivity index (χ0n) is 9.21. The van der Waals surface area contributed by atoms with Crippen LogP contribution in [0.3, 0.4) is 0 Å². The Hall–Kier alpha value is -0.370. The van der Waals surface area contributed by atoms with Crippen molar-refractivity contribution in [1.82, 2.24) is 0 Å². The lowest BCUT2D eigenvalue weighted by Gasteiger charge is -2.11. The van der Waals surface area contributed by atoms with Crippen LogP contribution in [-0.2, 0) is 0 Å². The topological polar surface area (TPSA) is 18.5 Å². The average Bonchev–Trinajstić information content (AvgIpc) is 2.26. The quantitative estimate of drug-likeness (QED) is 0.526. The molecule has 0 fully saturated rings. The summed E-state index contributed by atoms with van der Waals surface area (Å²) in [4.78, 5) is 0. The van der Waals surface area contributed by atoms with Crippen LogP contribution in [0.25, 0.3) is 0 Å². The minimum atomic E-state index is -4.34. The van der Waals surface area contributed by atoms with Crippen LogP contribution < -0.4 is 9.47 Å². The maximum absolute atomic E-state index is 12.0. The van der Waals surface area contributed by atoms with Crippen LogP contribution in [0.5, 0.6) is 11.5 Å². The van der Waals surface area contributed by atoms with E-state index in [1.165, 1.54) is 12.1 Å². The summed E-state index contributed by atoms with van der Waals surface area (Å²) in [5, 5.41) is 0. The zero-order valence-corrected chi connectivity index (χ0v) is 12.1. The van der Waals surface area contributed by atoms with Crippen molar-refractivity contribution in [3.05, 3.63) is 24.3 Å². The van der Waals surface area contributed by atoms with Gasteiger partial charge in [0.05, 0.1) is 9.99 Å². The van der Waals surface area contributed by atoms with E-state index in [9.17, 15) is 13.2 Å². The highest BCUT2D eigenvalue weighted by Gasteiger charge is 2.28. The first-order chi connectivity index (χ1) is 8.37. The predicted molar refractivity (Wildman–Crippen MR) is 71.8 cm³/mol. The molecular weight excluding hydrogens is 383 g/mol. The Labute approximate surface area is 122 Å². The maximum atomic E-state index is 12.0. The molecular formula is C11H11ClF3IO2. The van der Waals surface area contributed by atoms with Gasteiger partial charge in [0.1, 0.15) is 11.5 Å². The molecule has 0 amide bonds. The Bertz CT molecular complexity index is 372. The van der Waals surface area contributed by atoms with Crippen molar-refractivity contribution in [2.24, 2.45) is 0 Å².